The molecule has 0 aromatic heterocycles. The predicted octanol–water partition coefficient (Wildman–Crippen LogP) is 4.58. The molecular formula is C25H32N4O. The zero-order valence-electron chi connectivity index (χ0n) is 17.9. The fraction of sp³-hybridized carbons (Fsp3) is 0.400. The Balaban J connectivity index is 1.73. The minimum absolute atomic E-state index is 0.448. The molecule has 30 heavy (non-hydrogen) atoms. The highest BCUT2D eigenvalue weighted by molar-refractivity contribution is 6.09. The molecule has 2 aromatic rings. The van der Waals surface area contributed by atoms with Crippen molar-refractivity contribution in [2.75, 3.05) is 25.0 Å². The zero-order valence-corrected chi connectivity index (χ0v) is 17.9. The predicted molar refractivity (Wildman–Crippen MR) is 125 cm³/mol. The first-order valence-electron chi connectivity index (χ1n) is 11.0. The van der Waals surface area contributed by atoms with Crippen molar-refractivity contribution in [2.45, 2.75) is 44.7 Å². The number of fused-ring (bicyclic) bond motifs is 1. The van der Waals surface area contributed by atoms with Crippen LogP contribution in [0, 0.1) is 5.41 Å². The van der Waals surface area contributed by atoms with Crippen LogP contribution in [0.5, 0.6) is 11.5 Å². The number of allylic oxidation sites excluding steroid dienone is 1. The molecule has 0 saturated carbocycles. The van der Waals surface area contributed by atoms with E-state index in [1.807, 2.05) is 36.5 Å². The Hall–Kier alpha value is -2.79. The minimum atomic E-state index is 0.448. The normalized spacial score (nSPS) is 19.9. The molecule has 0 amide bonds. The average Bonchev–Trinajstić information content (AvgIpc) is 2.79. The summed E-state index contributed by atoms with van der Waals surface area (Å²) in [5, 5.41) is 15.0. The number of hydrogen-bond acceptors (Lipinski definition) is 5. The Kier molecular flexibility index (Phi) is 6.38. The van der Waals surface area contributed by atoms with Crippen molar-refractivity contribution in [2.24, 2.45) is 0 Å². The molecule has 1 unspecified atom stereocenters. The lowest BCUT2D eigenvalue weighted by Gasteiger charge is -2.35. The molecule has 0 spiro atoms. The monoisotopic (exact) mass is 404 g/mol. The number of rotatable bonds is 6. The number of hydrogen-bond donors (Lipinski definition) is 3. The maximum absolute atomic E-state index is 8.09. The summed E-state index contributed by atoms with van der Waals surface area (Å²) in [6, 6.07) is 15.2. The molecule has 0 bridgehead atoms. The van der Waals surface area contributed by atoms with Gasteiger partial charge in [0.25, 0.3) is 0 Å². The van der Waals surface area contributed by atoms with E-state index in [2.05, 4.69) is 41.6 Å². The van der Waals surface area contributed by atoms with E-state index in [1.165, 1.54) is 17.5 Å². The summed E-state index contributed by atoms with van der Waals surface area (Å²) in [4.78, 5) is 2.33. The maximum Gasteiger partial charge on any atom is 0.140 e. The van der Waals surface area contributed by atoms with Crippen LogP contribution in [0.1, 0.15) is 37.3 Å². The van der Waals surface area contributed by atoms with Crippen LogP contribution >= 0.6 is 0 Å². The molecule has 2 aromatic carbocycles. The van der Waals surface area contributed by atoms with Crippen LogP contribution in [-0.2, 0) is 6.42 Å². The topological polar surface area (TPSA) is 60.4 Å². The Morgan fingerprint density at radius 2 is 1.90 bits per heavy atom. The van der Waals surface area contributed by atoms with E-state index < -0.39 is 0 Å². The van der Waals surface area contributed by atoms with Gasteiger partial charge >= 0.3 is 0 Å². The van der Waals surface area contributed by atoms with E-state index in [9.17, 15) is 0 Å². The van der Waals surface area contributed by atoms with Gasteiger partial charge in [-0.15, -0.1) is 0 Å². The number of benzene rings is 2. The fourth-order valence-corrected chi connectivity index (χ4v) is 4.32. The molecule has 1 atom stereocenters. The fourth-order valence-electron chi connectivity index (χ4n) is 4.32. The third-order valence-electron chi connectivity index (χ3n) is 6.33. The van der Waals surface area contributed by atoms with Crippen molar-refractivity contribution >= 4 is 17.5 Å². The quantitative estimate of drug-likeness (QED) is 0.617. The van der Waals surface area contributed by atoms with Gasteiger partial charge < -0.3 is 25.7 Å². The van der Waals surface area contributed by atoms with E-state index in [0.717, 1.165) is 61.4 Å². The summed E-state index contributed by atoms with van der Waals surface area (Å²) in [5.41, 5.74) is 4.27. The molecule has 158 valence electrons. The van der Waals surface area contributed by atoms with Crippen molar-refractivity contribution < 1.29 is 4.74 Å². The Morgan fingerprint density at radius 1 is 1.13 bits per heavy atom. The molecule has 5 nitrogen and oxygen atoms in total. The number of para-hydroxylation sites is 1. The van der Waals surface area contributed by atoms with E-state index in [4.69, 9.17) is 10.1 Å². The number of piperidine rings is 1. The van der Waals surface area contributed by atoms with Crippen molar-refractivity contribution in [1.82, 2.24) is 10.6 Å². The molecule has 5 heteroatoms. The number of ether oxygens (including phenoxy) is 1. The van der Waals surface area contributed by atoms with Crippen LogP contribution < -0.4 is 20.3 Å². The van der Waals surface area contributed by atoms with Crippen molar-refractivity contribution in [3.63, 3.8) is 0 Å². The lowest BCUT2D eigenvalue weighted by Crippen LogP contribution is -2.37. The molecule has 1 saturated heterocycles. The van der Waals surface area contributed by atoms with Gasteiger partial charge in [-0.05, 0) is 70.0 Å². The van der Waals surface area contributed by atoms with Crippen LogP contribution in [0.15, 0.2) is 48.7 Å². The molecule has 2 aliphatic heterocycles. The highest BCUT2D eigenvalue weighted by Gasteiger charge is 2.26. The molecule has 0 radical (unpaired) electrons. The molecule has 2 heterocycles. The molecule has 4 rings (SSSR count). The number of anilines is 1. The molecule has 2 aliphatic rings. The minimum Gasteiger partial charge on any atom is -0.456 e. The van der Waals surface area contributed by atoms with Gasteiger partial charge in [-0.25, -0.2) is 0 Å². The second-order valence-electron chi connectivity index (χ2n) is 8.29. The largest absolute Gasteiger partial charge is 0.456 e. The first kappa shape index (κ1) is 20.5. The standard InChI is InChI=1S/C25H32N4O/c1-18-8-9-23-24(29(18)2)11-10-22(25(23)30-21-6-4-3-5-7-21)19(16-26)17-28-20-12-14-27-15-13-20/h3-7,10-11,16-18,20,26-28H,8-9,12-15H2,1-2H3/b19-17+,26-16?. The highest BCUT2D eigenvalue weighted by Crippen LogP contribution is 2.42. The second-order valence-corrected chi connectivity index (χ2v) is 8.29. The Morgan fingerprint density at radius 3 is 2.63 bits per heavy atom. The third kappa shape index (κ3) is 4.36. The summed E-state index contributed by atoms with van der Waals surface area (Å²) in [7, 11) is 2.15. The molecule has 3 N–H and O–H groups in total. The van der Waals surface area contributed by atoms with Gasteiger partial charge in [0, 0.05) is 53.9 Å². The first-order valence-corrected chi connectivity index (χ1v) is 11.0. The van der Waals surface area contributed by atoms with E-state index >= 15 is 0 Å². The second kappa shape index (κ2) is 9.35. The first-order chi connectivity index (χ1) is 14.7. The number of nitrogens with one attached hydrogen (secondary N) is 3. The van der Waals surface area contributed by atoms with E-state index in [1.54, 1.807) is 0 Å². The van der Waals surface area contributed by atoms with Crippen LogP contribution in [0.3, 0.4) is 0 Å². The van der Waals surface area contributed by atoms with Gasteiger partial charge in [0.15, 0.2) is 0 Å². The molecule has 0 aliphatic carbocycles. The van der Waals surface area contributed by atoms with E-state index in [0.29, 0.717) is 12.1 Å². The van der Waals surface area contributed by atoms with Crippen molar-refractivity contribution in [3.05, 3.63) is 59.8 Å². The van der Waals surface area contributed by atoms with Crippen LogP contribution in [0.2, 0.25) is 0 Å². The van der Waals surface area contributed by atoms with E-state index in [-0.39, 0.29) is 0 Å². The van der Waals surface area contributed by atoms with Crippen LogP contribution in [-0.4, -0.2) is 38.4 Å². The summed E-state index contributed by atoms with van der Waals surface area (Å²) >= 11 is 0. The zero-order chi connectivity index (χ0) is 20.9. The van der Waals surface area contributed by atoms with Gasteiger partial charge in [-0.3, -0.25) is 0 Å². The maximum atomic E-state index is 8.09. The van der Waals surface area contributed by atoms with Gasteiger partial charge in [0.2, 0.25) is 0 Å². The van der Waals surface area contributed by atoms with Gasteiger partial charge in [-0.2, -0.15) is 0 Å². The van der Waals surface area contributed by atoms with Crippen molar-refractivity contribution in [3.8, 4) is 11.5 Å². The lowest BCUT2D eigenvalue weighted by molar-refractivity contribution is 0.420. The Labute approximate surface area is 179 Å². The van der Waals surface area contributed by atoms with Crippen LogP contribution in [0.4, 0.5) is 5.69 Å². The summed E-state index contributed by atoms with van der Waals surface area (Å²) in [6.07, 6.45) is 7.70. The van der Waals surface area contributed by atoms with Gasteiger partial charge in [0.1, 0.15) is 11.5 Å². The summed E-state index contributed by atoms with van der Waals surface area (Å²) in [5.74, 6) is 1.70. The molecule has 1 fully saturated rings. The smallest absolute Gasteiger partial charge is 0.140 e. The molecular weight excluding hydrogens is 372 g/mol. The number of nitrogens with zero attached hydrogens (tertiary/aromatic N) is 1. The summed E-state index contributed by atoms with van der Waals surface area (Å²) in [6.45, 7) is 4.34. The van der Waals surface area contributed by atoms with Gasteiger partial charge in [-0.1, -0.05) is 18.2 Å². The highest BCUT2D eigenvalue weighted by atomic mass is 16.5. The van der Waals surface area contributed by atoms with Crippen molar-refractivity contribution in [1.29, 1.82) is 5.41 Å². The van der Waals surface area contributed by atoms with Gasteiger partial charge in [0.05, 0.1) is 0 Å². The average molecular weight is 405 g/mol. The third-order valence-corrected chi connectivity index (χ3v) is 6.33. The SMILES string of the molecule is CC1CCc2c(ccc(/C(C=N)=C/NC3CCNCC3)c2Oc2ccccc2)N1C. The Bertz CT molecular complexity index is 903. The lowest BCUT2D eigenvalue weighted by atomic mass is 9.92. The van der Waals surface area contributed by atoms with Crippen LogP contribution in [0.25, 0.3) is 5.57 Å². The summed E-state index contributed by atoms with van der Waals surface area (Å²) < 4.78 is 6.46.